The van der Waals surface area contributed by atoms with Gasteiger partial charge in [0.1, 0.15) is 0 Å². The van der Waals surface area contributed by atoms with Crippen LogP contribution in [-0.2, 0) is 17.7 Å². The van der Waals surface area contributed by atoms with Gasteiger partial charge in [-0.1, -0.05) is 29.4 Å². The highest BCUT2D eigenvalue weighted by atomic mass is 16.5. The Labute approximate surface area is 143 Å². The number of ether oxygens (including phenoxy) is 1. The molecule has 2 heterocycles. The van der Waals surface area contributed by atoms with E-state index in [1.54, 1.807) is 7.11 Å². The van der Waals surface area contributed by atoms with E-state index in [2.05, 4.69) is 39.3 Å². The van der Waals surface area contributed by atoms with Crippen molar-refractivity contribution in [3.63, 3.8) is 0 Å². The molecular formula is C19H25N3O2. The van der Waals surface area contributed by atoms with Crippen LogP contribution in [-0.4, -0.2) is 41.8 Å². The van der Waals surface area contributed by atoms with Gasteiger partial charge in [-0.15, -0.1) is 0 Å². The van der Waals surface area contributed by atoms with Crippen LogP contribution >= 0.6 is 0 Å². The Balaban J connectivity index is 1.40. The maximum atomic E-state index is 5.45. The fourth-order valence-corrected chi connectivity index (χ4v) is 3.58. The number of hydrogen-bond acceptors (Lipinski definition) is 5. The van der Waals surface area contributed by atoms with Crippen molar-refractivity contribution in [2.45, 2.75) is 38.6 Å². The van der Waals surface area contributed by atoms with Crippen molar-refractivity contribution in [3.05, 3.63) is 35.7 Å². The van der Waals surface area contributed by atoms with Crippen molar-refractivity contribution < 1.29 is 9.26 Å². The molecule has 128 valence electrons. The van der Waals surface area contributed by atoms with Crippen LogP contribution in [0, 0.1) is 5.41 Å². The second kappa shape index (κ2) is 6.65. The Morgan fingerprint density at radius 3 is 2.58 bits per heavy atom. The highest BCUT2D eigenvalue weighted by Crippen LogP contribution is 2.48. The quantitative estimate of drug-likeness (QED) is 0.781. The normalized spacial score (nSPS) is 19.7. The summed E-state index contributed by atoms with van der Waals surface area (Å²) in [7, 11) is 1.75. The molecule has 1 saturated heterocycles. The zero-order chi connectivity index (χ0) is 16.4. The topological polar surface area (TPSA) is 51.4 Å². The first kappa shape index (κ1) is 15.8. The maximum Gasteiger partial charge on any atom is 0.227 e. The summed E-state index contributed by atoms with van der Waals surface area (Å²) in [5.41, 5.74) is 2.60. The molecule has 0 unspecified atom stereocenters. The van der Waals surface area contributed by atoms with Gasteiger partial charge in [0.05, 0.1) is 6.61 Å². The molecule has 1 aliphatic heterocycles. The first-order valence-electron chi connectivity index (χ1n) is 8.90. The van der Waals surface area contributed by atoms with Crippen molar-refractivity contribution in [1.82, 2.24) is 15.0 Å². The third-order valence-corrected chi connectivity index (χ3v) is 5.22. The smallest absolute Gasteiger partial charge is 0.227 e. The van der Waals surface area contributed by atoms with E-state index in [1.165, 1.54) is 44.3 Å². The fourth-order valence-electron chi connectivity index (χ4n) is 3.58. The first-order valence-corrected chi connectivity index (χ1v) is 8.90. The zero-order valence-corrected chi connectivity index (χ0v) is 14.3. The minimum Gasteiger partial charge on any atom is -0.384 e. The summed E-state index contributed by atoms with van der Waals surface area (Å²) in [6, 6.07) is 8.55. The maximum absolute atomic E-state index is 5.45. The van der Waals surface area contributed by atoms with E-state index in [1.807, 2.05) is 0 Å². The molecule has 2 aromatic rings. The van der Waals surface area contributed by atoms with Gasteiger partial charge in [-0.3, -0.25) is 4.90 Å². The second-order valence-electron chi connectivity index (χ2n) is 7.30. The molecule has 0 bridgehead atoms. The highest BCUT2D eigenvalue weighted by Gasteiger charge is 2.44. The average Bonchev–Trinajstić information content (AvgIpc) is 3.00. The molecule has 24 heavy (non-hydrogen) atoms. The van der Waals surface area contributed by atoms with Crippen LogP contribution < -0.4 is 0 Å². The number of methoxy groups -OCH3 is 1. The molecule has 0 radical (unpaired) electrons. The summed E-state index contributed by atoms with van der Waals surface area (Å²) in [5.74, 6) is 1.41. The highest BCUT2D eigenvalue weighted by molar-refractivity contribution is 5.54. The van der Waals surface area contributed by atoms with Crippen LogP contribution in [0.4, 0.5) is 0 Å². The average molecular weight is 327 g/mol. The van der Waals surface area contributed by atoms with Crippen molar-refractivity contribution in [1.29, 1.82) is 0 Å². The van der Waals surface area contributed by atoms with Gasteiger partial charge in [0.2, 0.25) is 11.7 Å². The SMILES string of the molecule is COCC1(Cc2nc(-c3ccc(CN4CCCC4)cc3)no2)CC1. The minimum atomic E-state index is 0.234. The minimum absolute atomic E-state index is 0.234. The molecule has 0 N–H and O–H groups in total. The van der Waals surface area contributed by atoms with Gasteiger partial charge in [0.25, 0.3) is 0 Å². The van der Waals surface area contributed by atoms with Crippen LogP contribution in [0.2, 0.25) is 0 Å². The second-order valence-corrected chi connectivity index (χ2v) is 7.30. The van der Waals surface area contributed by atoms with E-state index < -0.39 is 0 Å². The summed E-state index contributed by atoms with van der Waals surface area (Å²) >= 11 is 0. The molecule has 1 aromatic carbocycles. The summed E-state index contributed by atoms with van der Waals surface area (Å²) in [6.07, 6.45) is 5.84. The van der Waals surface area contributed by atoms with E-state index in [0.717, 1.165) is 31.0 Å². The predicted molar refractivity (Wildman–Crippen MR) is 91.5 cm³/mol. The summed E-state index contributed by atoms with van der Waals surface area (Å²) in [6.45, 7) is 4.26. The van der Waals surface area contributed by atoms with E-state index in [4.69, 9.17) is 9.26 Å². The van der Waals surface area contributed by atoms with Gasteiger partial charge in [0.15, 0.2) is 0 Å². The van der Waals surface area contributed by atoms with E-state index in [0.29, 0.717) is 5.82 Å². The molecule has 0 atom stereocenters. The number of rotatable bonds is 7. The van der Waals surface area contributed by atoms with Gasteiger partial charge in [-0.2, -0.15) is 4.98 Å². The molecule has 1 saturated carbocycles. The lowest BCUT2D eigenvalue weighted by atomic mass is 10.0. The van der Waals surface area contributed by atoms with Crippen molar-refractivity contribution in [3.8, 4) is 11.4 Å². The van der Waals surface area contributed by atoms with Gasteiger partial charge in [0, 0.05) is 31.1 Å². The van der Waals surface area contributed by atoms with Crippen LogP contribution in [0.1, 0.15) is 37.1 Å². The molecule has 4 rings (SSSR count). The molecule has 5 heteroatoms. The largest absolute Gasteiger partial charge is 0.384 e. The van der Waals surface area contributed by atoms with Crippen molar-refractivity contribution >= 4 is 0 Å². The number of likely N-dealkylation sites (tertiary alicyclic amines) is 1. The Kier molecular flexibility index (Phi) is 4.37. The molecule has 0 amide bonds. The van der Waals surface area contributed by atoms with Gasteiger partial charge < -0.3 is 9.26 Å². The summed E-state index contributed by atoms with van der Waals surface area (Å²) < 4.78 is 10.8. The molecule has 1 aliphatic carbocycles. The molecule has 2 fully saturated rings. The Bertz CT molecular complexity index is 670. The molecule has 2 aliphatic rings. The predicted octanol–water partition coefficient (Wildman–Crippen LogP) is 3.30. The third-order valence-electron chi connectivity index (χ3n) is 5.22. The van der Waals surface area contributed by atoms with Crippen LogP contribution in [0.3, 0.4) is 0 Å². The van der Waals surface area contributed by atoms with Gasteiger partial charge in [-0.05, 0) is 44.3 Å². The lowest BCUT2D eigenvalue weighted by Crippen LogP contribution is -2.18. The molecular weight excluding hydrogens is 302 g/mol. The monoisotopic (exact) mass is 327 g/mol. The number of hydrogen-bond donors (Lipinski definition) is 0. The molecule has 5 nitrogen and oxygen atoms in total. The summed E-state index contributed by atoms with van der Waals surface area (Å²) in [5, 5.41) is 4.15. The molecule has 0 spiro atoms. The van der Waals surface area contributed by atoms with Crippen LogP contribution in [0.25, 0.3) is 11.4 Å². The number of nitrogens with zero attached hydrogens (tertiary/aromatic N) is 3. The Hall–Kier alpha value is -1.72. The van der Waals surface area contributed by atoms with Crippen molar-refractivity contribution in [2.24, 2.45) is 5.41 Å². The first-order chi connectivity index (χ1) is 11.8. The summed E-state index contributed by atoms with van der Waals surface area (Å²) in [4.78, 5) is 7.08. The van der Waals surface area contributed by atoms with E-state index in [9.17, 15) is 0 Å². The van der Waals surface area contributed by atoms with Crippen LogP contribution in [0.15, 0.2) is 28.8 Å². The van der Waals surface area contributed by atoms with Gasteiger partial charge in [-0.25, -0.2) is 0 Å². The van der Waals surface area contributed by atoms with E-state index in [-0.39, 0.29) is 5.41 Å². The standard InChI is InChI=1S/C19H25N3O2/c1-23-14-19(8-9-19)12-17-20-18(21-24-17)16-6-4-15(5-7-16)13-22-10-2-3-11-22/h4-7H,2-3,8-14H2,1H3. The van der Waals surface area contributed by atoms with Gasteiger partial charge >= 0.3 is 0 Å². The number of benzene rings is 1. The zero-order valence-electron chi connectivity index (χ0n) is 14.3. The lowest BCUT2D eigenvalue weighted by Gasteiger charge is -2.14. The van der Waals surface area contributed by atoms with Crippen LogP contribution in [0.5, 0.6) is 0 Å². The Morgan fingerprint density at radius 2 is 1.92 bits per heavy atom. The van der Waals surface area contributed by atoms with Crippen molar-refractivity contribution in [2.75, 3.05) is 26.8 Å². The molecule has 1 aromatic heterocycles. The fraction of sp³-hybridized carbons (Fsp3) is 0.579. The third kappa shape index (κ3) is 3.52. The Morgan fingerprint density at radius 1 is 1.17 bits per heavy atom. The lowest BCUT2D eigenvalue weighted by molar-refractivity contribution is 0.135. The van der Waals surface area contributed by atoms with E-state index >= 15 is 0 Å². The number of aromatic nitrogens is 2.